The van der Waals surface area contributed by atoms with Gasteiger partial charge in [0.15, 0.2) is 0 Å². The van der Waals surface area contributed by atoms with Crippen LogP contribution in [-0.2, 0) is 10.3 Å². The topological polar surface area (TPSA) is 62.9 Å². The number of furan rings is 1. The number of aliphatic hydroxyl groups is 1. The van der Waals surface area contributed by atoms with E-state index in [-0.39, 0.29) is 6.09 Å². The summed E-state index contributed by atoms with van der Waals surface area (Å²) >= 11 is 0. The van der Waals surface area contributed by atoms with Crippen molar-refractivity contribution in [2.75, 3.05) is 13.1 Å². The minimum absolute atomic E-state index is 0.329. The summed E-state index contributed by atoms with van der Waals surface area (Å²) in [4.78, 5) is 13.7. The SMILES string of the molecule is CC(C)(C)OC(=O)N1CCC(O)(c2cc3ccccc3o2)CC1. The molecule has 0 saturated carbocycles. The van der Waals surface area contributed by atoms with Gasteiger partial charge in [0.05, 0.1) is 0 Å². The molecule has 3 rings (SSSR count). The fourth-order valence-electron chi connectivity index (χ4n) is 2.84. The molecule has 2 aromatic rings. The van der Waals surface area contributed by atoms with E-state index in [0.29, 0.717) is 31.7 Å². The van der Waals surface area contributed by atoms with Crippen LogP contribution in [0.5, 0.6) is 0 Å². The normalized spacial score (nSPS) is 18.2. The molecular weight excluding hydrogens is 294 g/mol. The molecule has 1 aliphatic heterocycles. The first-order valence-corrected chi connectivity index (χ1v) is 7.96. The monoisotopic (exact) mass is 317 g/mol. The average Bonchev–Trinajstić information content (AvgIpc) is 2.91. The molecule has 0 atom stereocenters. The van der Waals surface area contributed by atoms with E-state index in [0.717, 1.165) is 11.0 Å². The van der Waals surface area contributed by atoms with Crippen molar-refractivity contribution in [3.05, 3.63) is 36.1 Å². The predicted octanol–water partition coefficient (Wildman–Crippen LogP) is 3.65. The number of amides is 1. The van der Waals surface area contributed by atoms with Crippen LogP contribution >= 0.6 is 0 Å². The van der Waals surface area contributed by atoms with Crippen LogP contribution in [0.4, 0.5) is 4.79 Å². The first kappa shape index (κ1) is 15.9. The van der Waals surface area contributed by atoms with Crippen molar-refractivity contribution in [1.29, 1.82) is 0 Å². The first-order chi connectivity index (χ1) is 10.8. The van der Waals surface area contributed by atoms with Crippen LogP contribution < -0.4 is 0 Å². The number of hydrogen-bond acceptors (Lipinski definition) is 4. The molecule has 1 fully saturated rings. The van der Waals surface area contributed by atoms with Crippen LogP contribution in [0.25, 0.3) is 11.0 Å². The lowest BCUT2D eigenvalue weighted by atomic mass is 9.89. The van der Waals surface area contributed by atoms with Gasteiger partial charge in [-0.3, -0.25) is 0 Å². The lowest BCUT2D eigenvalue weighted by molar-refractivity contribution is -0.0471. The maximum atomic E-state index is 12.1. The molecule has 2 heterocycles. The molecule has 1 amide bonds. The highest BCUT2D eigenvalue weighted by molar-refractivity contribution is 5.78. The Balaban J connectivity index is 1.70. The van der Waals surface area contributed by atoms with E-state index in [4.69, 9.17) is 9.15 Å². The fourth-order valence-corrected chi connectivity index (χ4v) is 2.84. The van der Waals surface area contributed by atoms with Crippen molar-refractivity contribution in [3.63, 3.8) is 0 Å². The summed E-state index contributed by atoms with van der Waals surface area (Å²) < 4.78 is 11.2. The number of carbonyl (C=O) groups excluding carboxylic acids is 1. The fraction of sp³-hybridized carbons (Fsp3) is 0.500. The van der Waals surface area contributed by atoms with Gasteiger partial charge in [-0.05, 0) is 32.9 Å². The van der Waals surface area contributed by atoms with Gasteiger partial charge in [0.1, 0.15) is 22.5 Å². The first-order valence-electron chi connectivity index (χ1n) is 7.96. The van der Waals surface area contributed by atoms with Crippen LogP contribution in [0.1, 0.15) is 39.4 Å². The lowest BCUT2D eigenvalue weighted by Gasteiger charge is -2.37. The van der Waals surface area contributed by atoms with Crippen molar-refractivity contribution < 1.29 is 19.1 Å². The van der Waals surface area contributed by atoms with E-state index in [9.17, 15) is 9.90 Å². The van der Waals surface area contributed by atoms with Crippen LogP contribution in [-0.4, -0.2) is 34.8 Å². The Morgan fingerprint density at radius 3 is 2.52 bits per heavy atom. The van der Waals surface area contributed by atoms with Crippen LogP contribution in [0.3, 0.4) is 0 Å². The van der Waals surface area contributed by atoms with Crippen molar-refractivity contribution in [2.24, 2.45) is 0 Å². The Bertz CT molecular complexity index is 672. The maximum absolute atomic E-state index is 12.1. The Morgan fingerprint density at radius 2 is 1.91 bits per heavy atom. The second-order valence-electron chi connectivity index (χ2n) is 7.15. The minimum Gasteiger partial charge on any atom is -0.458 e. The number of likely N-dealkylation sites (tertiary alicyclic amines) is 1. The van der Waals surface area contributed by atoms with Gasteiger partial charge in [-0.1, -0.05) is 18.2 Å². The molecule has 0 unspecified atom stereocenters. The van der Waals surface area contributed by atoms with E-state index in [1.54, 1.807) is 4.90 Å². The van der Waals surface area contributed by atoms with E-state index in [2.05, 4.69) is 0 Å². The van der Waals surface area contributed by atoms with Gasteiger partial charge in [-0.15, -0.1) is 0 Å². The Labute approximate surface area is 135 Å². The van der Waals surface area contributed by atoms with Gasteiger partial charge in [0.25, 0.3) is 0 Å². The van der Waals surface area contributed by atoms with E-state index < -0.39 is 11.2 Å². The van der Waals surface area contributed by atoms with E-state index >= 15 is 0 Å². The van der Waals surface area contributed by atoms with Crippen molar-refractivity contribution in [1.82, 2.24) is 4.90 Å². The average molecular weight is 317 g/mol. The molecular formula is C18H23NO4. The van der Waals surface area contributed by atoms with Gasteiger partial charge in [0.2, 0.25) is 0 Å². The molecule has 0 bridgehead atoms. The number of ether oxygens (including phenoxy) is 1. The molecule has 0 spiro atoms. The molecule has 23 heavy (non-hydrogen) atoms. The summed E-state index contributed by atoms with van der Waals surface area (Å²) in [5.74, 6) is 0.572. The smallest absolute Gasteiger partial charge is 0.410 e. The number of benzene rings is 1. The number of rotatable bonds is 1. The molecule has 1 aromatic carbocycles. The summed E-state index contributed by atoms with van der Waals surface area (Å²) in [5, 5.41) is 11.9. The van der Waals surface area contributed by atoms with Crippen molar-refractivity contribution >= 4 is 17.1 Å². The van der Waals surface area contributed by atoms with Gasteiger partial charge in [0, 0.05) is 31.3 Å². The highest BCUT2D eigenvalue weighted by Crippen LogP contribution is 2.36. The largest absolute Gasteiger partial charge is 0.458 e. The molecule has 5 heteroatoms. The van der Waals surface area contributed by atoms with Crippen molar-refractivity contribution in [3.8, 4) is 0 Å². The van der Waals surface area contributed by atoms with Crippen molar-refractivity contribution in [2.45, 2.75) is 44.8 Å². The third-order valence-electron chi connectivity index (χ3n) is 4.13. The summed E-state index contributed by atoms with van der Waals surface area (Å²) in [5.41, 5.74) is -0.772. The zero-order valence-electron chi connectivity index (χ0n) is 13.8. The third-order valence-corrected chi connectivity index (χ3v) is 4.13. The molecule has 124 valence electrons. The molecule has 0 aliphatic carbocycles. The zero-order chi connectivity index (χ0) is 16.7. The zero-order valence-corrected chi connectivity index (χ0v) is 13.8. The summed E-state index contributed by atoms with van der Waals surface area (Å²) in [7, 11) is 0. The number of carbonyl (C=O) groups is 1. The van der Waals surface area contributed by atoms with E-state index in [1.165, 1.54) is 0 Å². The number of hydrogen-bond donors (Lipinski definition) is 1. The Hall–Kier alpha value is -2.01. The minimum atomic E-state index is -1.03. The standard InChI is InChI=1S/C18H23NO4/c1-17(2,3)23-16(20)19-10-8-18(21,9-11-19)15-12-13-6-4-5-7-14(13)22-15/h4-7,12,21H,8-11H2,1-3H3. The molecule has 0 radical (unpaired) electrons. The number of piperidine rings is 1. The third kappa shape index (κ3) is 3.34. The summed E-state index contributed by atoms with van der Waals surface area (Å²) in [6.45, 7) is 6.43. The predicted molar refractivity (Wildman–Crippen MR) is 87.2 cm³/mol. The lowest BCUT2D eigenvalue weighted by Crippen LogP contribution is -2.46. The van der Waals surface area contributed by atoms with E-state index in [1.807, 2.05) is 51.1 Å². The van der Waals surface area contributed by atoms with Gasteiger partial charge < -0.3 is 19.2 Å². The highest BCUT2D eigenvalue weighted by atomic mass is 16.6. The molecule has 1 saturated heterocycles. The van der Waals surface area contributed by atoms with Gasteiger partial charge in [-0.2, -0.15) is 0 Å². The van der Waals surface area contributed by atoms with Crippen LogP contribution in [0, 0.1) is 0 Å². The second-order valence-corrected chi connectivity index (χ2v) is 7.15. The molecule has 1 N–H and O–H groups in total. The Kier molecular flexibility index (Phi) is 3.84. The molecule has 5 nitrogen and oxygen atoms in total. The van der Waals surface area contributed by atoms with Gasteiger partial charge in [-0.25, -0.2) is 4.79 Å². The second kappa shape index (κ2) is 5.57. The number of nitrogens with zero attached hydrogens (tertiary/aromatic N) is 1. The summed E-state index contributed by atoms with van der Waals surface area (Å²) in [6, 6.07) is 9.58. The summed E-state index contributed by atoms with van der Waals surface area (Å²) in [6.07, 6.45) is 0.544. The number of para-hydroxylation sites is 1. The molecule has 1 aromatic heterocycles. The maximum Gasteiger partial charge on any atom is 0.410 e. The molecule has 1 aliphatic rings. The van der Waals surface area contributed by atoms with Crippen LogP contribution in [0.2, 0.25) is 0 Å². The quantitative estimate of drug-likeness (QED) is 0.872. The van der Waals surface area contributed by atoms with Gasteiger partial charge >= 0.3 is 6.09 Å². The Morgan fingerprint density at radius 1 is 1.26 bits per heavy atom. The van der Waals surface area contributed by atoms with Crippen LogP contribution in [0.15, 0.2) is 34.7 Å². The highest BCUT2D eigenvalue weighted by Gasteiger charge is 2.39. The number of fused-ring (bicyclic) bond motifs is 1.